The van der Waals surface area contributed by atoms with E-state index < -0.39 is 5.82 Å². The summed E-state index contributed by atoms with van der Waals surface area (Å²) in [6.07, 6.45) is 5.01. The van der Waals surface area contributed by atoms with Crippen LogP contribution in [0.3, 0.4) is 0 Å². The van der Waals surface area contributed by atoms with Gasteiger partial charge in [-0.3, -0.25) is 4.79 Å². The van der Waals surface area contributed by atoms with Gasteiger partial charge in [0.25, 0.3) is 5.91 Å². The molecule has 148 valence electrons. The maximum Gasteiger partial charge on any atom is 0.253 e. The molecule has 8 heteroatoms. The molecule has 1 aliphatic heterocycles. The lowest BCUT2D eigenvalue weighted by Gasteiger charge is -2.27. The minimum absolute atomic E-state index is 0.0607. The van der Waals surface area contributed by atoms with E-state index in [1.807, 2.05) is 6.07 Å². The van der Waals surface area contributed by atoms with Crippen LogP contribution in [-0.2, 0) is 9.53 Å². The molecule has 1 aromatic heterocycles. The van der Waals surface area contributed by atoms with E-state index in [2.05, 4.69) is 15.3 Å². The number of rotatable bonds is 4. The van der Waals surface area contributed by atoms with Crippen LogP contribution >= 0.6 is 0 Å². The second-order valence-electron chi connectivity index (χ2n) is 7.29. The Balaban J connectivity index is 1.56. The summed E-state index contributed by atoms with van der Waals surface area (Å²) in [5, 5.41) is 3.30. The number of nitrogens with two attached hydrogens (primary N) is 1. The molecule has 0 spiro atoms. The Morgan fingerprint density at radius 3 is 2.86 bits per heavy atom. The van der Waals surface area contributed by atoms with Crippen LogP contribution < -0.4 is 16.0 Å². The summed E-state index contributed by atoms with van der Waals surface area (Å²) < 4.78 is 19.6. The number of nitrogens with zero attached hydrogens (tertiary/aromatic N) is 3. The van der Waals surface area contributed by atoms with Gasteiger partial charge in [0, 0.05) is 29.9 Å². The largest absolute Gasteiger partial charge is 0.370 e. The summed E-state index contributed by atoms with van der Waals surface area (Å²) in [7, 11) is 0. The summed E-state index contributed by atoms with van der Waals surface area (Å²) in [5.74, 6) is -0.198. The molecule has 7 nitrogen and oxygen atoms in total. The fourth-order valence-electron chi connectivity index (χ4n) is 3.70. The molecule has 1 aliphatic carbocycles. The lowest BCUT2D eigenvalue weighted by atomic mass is 9.92. The number of nitrogens with one attached hydrogen (secondary N) is 1. The number of anilines is 2. The van der Waals surface area contributed by atoms with Crippen molar-refractivity contribution in [1.82, 2.24) is 9.97 Å². The fourth-order valence-corrected chi connectivity index (χ4v) is 3.70. The quantitative estimate of drug-likeness (QED) is 0.839. The highest BCUT2D eigenvalue weighted by molar-refractivity contribution is 5.95. The minimum Gasteiger partial charge on any atom is -0.370 e. The van der Waals surface area contributed by atoms with Crippen molar-refractivity contribution in [2.75, 3.05) is 30.0 Å². The smallest absolute Gasteiger partial charge is 0.253 e. The van der Waals surface area contributed by atoms with E-state index in [0.29, 0.717) is 30.4 Å². The van der Waals surface area contributed by atoms with E-state index >= 15 is 0 Å². The third kappa shape index (κ3) is 4.13. The molecule has 2 aliphatic rings. The first-order chi connectivity index (χ1) is 13.6. The Bertz CT molecular complexity index is 854. The van der Waals surface area contributed by atoms with E-state index in [1.165, 1.54) is 6.20 Å². The Hall–Kier alpha value is -2.58. The van der Waals surface area contributed by atoms with Gasteiger partial charge in [-0.25, -0.2) is 14.4 Å². The predicted octanol–water partition coefficient (Wildman–Crippen LogP) is 2.33. The van der Waals surface area contributed by atoms with Gasteiger partial charge in [0.2, 0.25) is 5.95 Å². The Kier molecular flexibility index (Phi) is 5.50. The van der Waals surface area contributed by atoms with Crippen molar-refractivity contribution in [1.29, 1.82) is 0 Å². The first kappa shape index (κ1) is 18.8. The lowest BCUT2D eigenvalue weighted by Crippen LogP contribution is -2.41. The molecule has 2 fully saturated rings. The van der Waals surface area contributed by atoms with Gasteiger partial charge in [0.05, 0.1) is 12.8 Å². The molecule has 0 radical (unpaired) electrons. The van der Waals surface area contributed by atoms with E-state index in [0.717, 1.165) is 25.7 Å². The number of benzene rings is 1. The third-order valence-corrected chi connectivity index (χ3v) is 5.27. The van der Waals surface area contributed by atoms with Gasteiger partial charge in [-0.15, -0.1) is 0 Å². The van der Waals surface area contributed by atoms with Gasteiger partial charge in [0.1, 0.15) is 12.3 Å². The number of amides is 1. The summed E-state index contributed by atoms with van der Waals surface area (Å²) >= 11 is 0. The molecule has 28 heavy (non-hydrogen) atoms. The van der Waals surface area contributed by atoms with Crippen LogP contribution in [-0.4, -0.2) is 47.7 Å². The Morgan fingerprint density at radius 1 is 1.25 bits per heavy atom. The first-order valence-corrected chi connectivity index (χ1v) is 9.63. The topological polar surface area (TPSA) is 93.4 Å². The average Bonchev–Trinajstić information content (AvgIpc) is 2.71. The number of morpholine rings is 1. The molecule has 1 saturated carbocycles. The molecule has 0 unspecified atom stereocenters. The maximum atomic E-state index is 14.5. The van der Waals surface area contributed by atoms with Gasteiger partial charge < -0.3 is 20.7 Å². The van der Waals surface area contributed by atoms with Crippen molar-refractivity contribution in [2.24, 2.45) is 5.73 Å². The monoisotopic (exact) mass is 385 g/mol. The number of halogens is 1. The van der Waals surface area contributed by atoms with Crippen LogP contribution in [0.25, 0.3) is 11.3 Å². The van der Waals surface area contributed by atoms with E-state index in [1.54, 1.807) is 23.1 Å². The Morgan fingerprint density at radius 2 is 2.07 bits per heavy atom. The Labute approximate surface area is 163 Å². The van der Waals surface area contributed by atoms with E-state index in [4.69, 9.17) is 10.5 Å². The standard InChI is InChI=1S/C20H24FN5O2/c21-17-11-23-20(24-15-6-4-14(22)5-7-15)25-19(17)13-2-1-3-16(10-13)26-8-9-28-12-18(26)27/h1-3,10-11,14-15H,4-9,12,22H2,(H,23,24,25)/t14-,15-. The summed E-state index contributed by atoms with van der Waals surface area (Å²) in [6, 6.07) is 7.69. The molecule has 2 aromatic rings. The highest BCUT2D eigenvalue weighted by Gasteiger charge is 2.22. The van der Waals surface area contributed by atoms with Crippen LogP contribution in [0.1, 0.15) is 25.7 Å². The maximum absolute atomic E-state index is 14.5. The third-order valence-electron chi connectivity index (χ3n) is 5.27. The molecule has 1 saturated heterocycles. The second-order valence-corrected chi connectivity index (χ2v) is 7.29. The van der Waals surface area contributed by atoms with Crippen LogP contribution in [0.4, 0.5) is 16.0 Å². The molecular formula is C20H24FN5O2. The number of hydrogen-bond donors (Lipinski definition) is 2. The lowest BCUT2D eigenvalue weighted by molar-refractivity contribution is -0.125. The van der Waals surface area contributed by atoms with Crippen molar-refractivity contribution in [3.05, 3.63) is 36.3 Å². The summed E-state index contributed by atoms with van der Waals surface area (Å²) in [5.41, 5.74) is 7.48. The zero-order valence-corrected chi connectivity index (χ0v) is 15.6. The average molecular weight is 385 g/mol. The van der Waals surface area contributed by atoms with Crippen molar-refractivity contribution < 1.29 is 13.9 Å². The first-order valence-electron chi connectivity index (χ1n) is 9.63. The SMILES string of the molecule is N[C@H]1CC[C@H](Nc2ncc(F)c(-c3cccc(N4CCOCC4=O)c3)n2)CC1. The molecule has 0 atom stereocenters. The van der Waals surface area contributed by atoms with Crippen molar-refractivity contribution in [3.8, 4) is 11.3 Å². The van der Waals surface area contributed by atoms with E-state index in [-0.39, 0.29) is 30.3 Å². The molecule has 3 N–H and O–H groups in total. The van der Waals surface area contributed by atoms with Crippen molar-refractivity contribution >= 4 is 17.5 Å². The molecule has 4 rings (SSSR count). The van der Waals surface area contributed by atoms with Crippen LogP contribution in [0.15, 0.2) is 30.5 Å². The molecule has 0 bridgehead atoms. The van der Waals surface area contributed by atoms with E-state index in [9.17, 15) is 9.18 Å². The van der Waals surface area contributed by atoms with Gasteiger partial charge in [-0.2, -0.15) is 0 Å². The second kappa shape index (κ2) is 8.20. The van der Waals surface area contributed by atoms with Gasteiger partial charge >= 0.3 is 0 Å². The van der Waals surface area contributed by atoms with Crippen LogP contribution in [0, 0.1) is 5.82 Å². The molecular weight excluding hydrogens is 361 g/mol. The van der Waals surface area contributed by atoms with Crippen LogP contribution in [0.5, 0.6) is 0 Å². The molecule has 2 heterocycles. The van der Waals surface area contributed by atoms with Crippen molar-refractivity contribution in [2.45, 2.75) is 37.8 Å². The summed E-state index contributed by atoms with van der Waals surface area (Å²) in [6.45, 7) is 1.02. The highest BCUT2D eigenvalue weighted by atomic mass is 19.1. The molecule has 1 amide bonds. The number of hydrogen-bond acceptors (Lipinski definition) is 6. The van der Waals surface area contributed by atoms with Crippen molar-refractivity contribution in [3.63, 3.8) is 0 Å². The normalized spacial score (nSPS) is 22.9. The van der Waals surface area contributed by atoms with Gasteiger partial charge in [-0.1, -0.05) is 12.1 Å². The van der Waals surface area contributed by atoms with Crippen LogP contribution in [0.2, 0.25) is 0 Å². The number of carbonyl (C=O) groups is 1. The number of carbonyl (C=O) groups excluding carboxylic acids is 1. The predicted molar refractivity (Wildman–Crippen MR) is 104 cm³/mol. The van der Waals surface area contributed by atoms with Gasteiger partial charge in [-0.05, 0) is 37.8 Å². The number of ether oxygens (including phenoxy) is 1. The fraction of sp³-hybridized carbons (Fsp3) is 0.450. The number of aromatic nitrogens is 2. The summed E-state index contributed by atoms with van der Waals surface area (Å²) in [4.78, 5) is 22.2. The molecule has 1 aromatic carbocycles. The zero-order chi connectivity index (χ0) is 19.5. The minimum atomic E-state index is -0.498. The zero-order valence-electron chi connectivity index (χ0n) is 15.6. The highest BCUT2D eigenvalue weighted by Crippen LogP contribution is 2.27. The van der Waals surface area contributed by atoms with Gasteiger partial charge in [0.15, 0.2) is 5.82 Å².